The molecule has 70 valence electrons. The van der Waals surface area contributed by atoms with E-state index >= 15 is 0 Å². The third kappa shape index (κ3) is 1.27. The predicted octanol–water partition coefficient (Wildman–Crippen LogP) is 1.56. The fraction of sp³-hybridized carbons (Fsp3) is 1.00. The molecule has 1 atom stereocenters. The normalized spacial score (nSPS) is 34.2. The van der Waals surface area contributed by atoms with Crippen LogP contribution in [0.1, 0.15) is 32.6 Å². The average Bonchev–Trinajstić information content (AvgIpc) is 2.49. The number of hydrogen-bond donors (Lipinski definition) is 1. The summed E-state index contributed by atoms with van der Waals surface area (Å²) in [6.07, 6.45) is 5.20. The lowest BCUT2D eigenvalue weighted by Gasteiger charge is -2.38. The van der Waals surface area contributed by atoms with Gasteiger partial charge in [0.2, 0.25) is 0 Å². The van der Waals surface area contributed by atoms with Crippen LogP contribution in [0, 0.1) is 5.41 Å². The SMILES string of the molecule is CCC1NCCC12CCOCC2. The molecule has 2 aliphatic heterocycles. The van der Waals surface area contributed by atoms with Gasteiger partial charge in [0.1, 0.15) is 0 Å². The van der Waals surface area contributed by atoms with E-state index in [2.05, 4.69) is 12.2 Å². The highest BCUT2D eigenvalue weighted by molar-refractivity contribution is 4.97. The minimum Gasteiger partial charge on any atom is -0.381 e. The lowest BCUT2D eigenvalue weighted by molar-refractivity contribution is 0.00773. The summed E-state index contributed by atoms with van der Waals surface area (Å²) >= 11 is 0. The molecule has 0 amide bonds. The Morgan fingerprint density at radius 1 is 1.33 bits per heavy atom. The summed E-state index contributed by atoms with van der Waals surface area (Å²) in [5.41, 5.74) is 0.604. The van der Waals surface area contributed by atoms with Gasteiger partial charge in [-0.3, -0.25) is 0 Å². The Morgan fingerprint density at radius 3 is 2.75 bits per heavy atom. The van der Waals surface area contributed by atoms with Gasteiger partial charge in [0.15, 0.2) is 0 Å². The van der Waals surface area contributed by atoms with Crippen molar-refractivity contribution in [2.24, 2.45) is 5.41 Å². The summed E-state index contributed by atoms with van der Waals surface area (Å²) in [4.78, 5) is 0. The molecule has 0 bridgehead atoms. The highest BCUT2D eigenvalue weighted by Gasteiger charge is 2.42. The van der Waals surface area contributed by atoms with Crippen molar-refractivity contribution in [3.05, 3.63) is 0 Å². The summed E-state index contributed by atoms with van der Waals surface area (Å²) in [5.74, 6) is 0. The molecule has 1 spiro atoms. The minimum absolute atomic E-state index is 0.604. The molecule has 2 fully saturated rings. The Balaban J connectivity index is 2.05. The summed E-state index contributed by atoms with van der Waals surface area (Å²) in [6.45, 7) is 5.48. The van der Waals surface area contributed by atoms with E-state index in [1.807, 2.05) is 0 Å². The van der Waals surface area contributed by atoms with Crippen LogP contribution in [0.2, 0.25) is 0 Å². The topological polar surface area (TPSA) is 21.3 Å². The van der Waals surface area contributed by atoms with Crippen LogP contribution >= 0.6 is 0 Å². The van der Waals surface area contributed by atoms with Gasteiger partial charge in [0.05, 0.1) is 0 Å². The van der Waals surface area contributed by atoms with Crippen LogP contribution in [0.3, 0.4) is 0 Å². The van der Waals surface area contributed by atoms with Crippen molar-refractivity contribution in [3.8, 4) is 0 Å². The highest BCUT2D eigenvalue weighted by Crippen LogP contribution is 2.41. The van der Waals surface area contributed by atoms with Crippen molar-refractivity contribution in [3.63, 3.8) is 0 Å². The average molecular weight is 169 g/mol. The molecule has 2 heterocycles. The standard InChI is InChI=1S/C10H19NO/c1-2-9-10(3-6-11-9)4-7-12-8-5-10/h9,11H,2-8H2,1H3. The first-order valence-electron chi connectivity index (χ1n) is 5.18. The molecule has 0 saturated carbocycles. The van der Waals surface area contributed by atoms with Crippen molar-refractivity contribution >= 4 is 0 Å². The van der Waals surface area contributed by atoms with Crippen LogP contribution in [0.25, 0.3) is 0 Å². The van der Waals surface area contributed by atoms with Gasteiger partial charge in [-0.25, -0.2) is 0 Å². The summed E-state index contributed by atoms with van der Waals surface area (Å²) in [5, 5.41) is 3.61. The van der Waals surface area contributed by atoms with Gasteiger partial charge in [0.25, 0.3) is 0 Å². The third-order valence-electron chi connectivity index (χ3n) is 3.65. The Morgan fingerprint density at radius 2 is 2.08 bits per heavy atom. The molecule has 0 aromatic rings. The Bertz CT molecular complexity index is 152. The Hall–Kier alpha value is -0.0800. The number of hydrogen-bond acceptors (Lipinski definition) is 2. The predicted molar refractivity (Wildman–Crippen MR) is 49.2 cm³/mol. The fourth-order valence-corrected chi connectivity index (χ4v) is 2.84. The third-order valence-corrected chi connectivity index (χ3v) is 3.65. The molecule has 2 heteroatoms. The van der Waals surface area contributed by atoms with Gasteiger partial charge < -0.3 is 10.1 Å². The largest absolute Gasteiger partial charge is 0.381 e. The second-order valence-electron chi connectivity index (χ2n) is 4.14. The van der Waals surface area contributed by atoms with Crippen LogP contribution in [0.4, 0.5) is 0 Å². The molecular formula is C10H19NO. The van der Waals surface area contributed by atoms with Crippen LogP contribution < -0.4 is 5.32 Å². The molecule has 0 radical (unpaired) electrons. The molecular weight excluding hydrogens is 150 g/mol. The van der Waals surface area contributed by atoms with E-state index in [9.17, 15) is 0 Å². The van der Waals surface area contributed by atoms with Crippen LogP contribution in [-0.2, 0) is 4.74 Å². The molecule has 2 aliphatic rings. The van der Waals surface area contributed by atoms with E-state index in [0.717, 1.165) is 19.3 Å². The molecule has 0 aliphatic carbocycles. The molecule has 2 rings (SSSR count). The first-order valence-corrected chi connectivity index (χ1v) is 5.18. The van der Waals surface area contributed by atoms with E-state index in [4.69, 9.17) is 4.74 Å². The second-order valence-corrected chi connectivity index (χ2v) is 4.14. The minimum atomic E-state index is 0.604. The first kappa shape index (κ1) is 8.52. The summed E-state index contributed by atoms with van der Waals surface area (Å²) in [7, 11) is 0. The zero-order chi connectivity index (χ0) is 8.44. The summed E-state index contributed by atoms with van der Waals surface area (Å²) < 4.78 is 5.42. The lowest BCUT2D eigenvalue weighted by atomic mass is 9.73. The van der Waals surface area contributed by atoms with Crippen molar-refractivity contribution in [1.29, 1.82) is 0 Å². The molecule has 0 aromatic heterocycles. The number of nitrogens with one attached hydrogen (secondary N) is 1. The maximum Gasteiger partial charge on any atom is 0.0471 e. The van der Waals surface area contributed by atoms with Gasteiger partial charge in [-0.15, -0.1) is 0 Å². The van der Waals surface area contributed by atoms with E-state index in [1.54, 1.807) is 0 Å². The van der Waals surface area contributed by atoms with Crippen molar-refractivity contribution < 1.29 is 4.74 Å². The maximum absolute atomic E-state index is 5.42. The molecule has 1 unspecified atom stereocenters. The van der Waals surface area contributed by atoms with Crippen molar-refractivity contribution in [1.82, 2.24) is 5.32 Å². The van der Waals surface area contributed by atoms with Gasteiger partial charge in [0, 0.05) is 19.3 Å². The van der Waals surface area contributed by atoms with Crippen LogP contribution in [0.5, 0.6) is 0 Å². The molecule has 0 aromatic carbocycles. The van der Waals surface area contributed by atoms with Crippen LogP contribution in [-0.4, -0.2) is 25.8 Å². The Labute approximate surface area is 74.7 Å². The van der Waals surface area contributed by atoms with Crippen molar-refractivity contribution in [2.45, 2.75) is 38.6 Å². The van der Waals surface area contributed by atoms with Crippen LogP contribution in [0.15, 0.2) is 0 Å². The highest BCUT2D eigenvalue weighted by atomic mass is 16.5. The second kappa shape index (κ2) is 3.35. The van der Waals surface area contributed by atoms with E-state index in [-0.39, 0.29) is 0 Å². The van der Waals surface area contributed by atoms with E-state index in [1.165, 1.54) is 32.2 Å². The Kier molecular flexibility index (Phi) is 2.37. The smallest absolute Gasteiger partial charge is 0.0471 e. The first-order chi connectivity index (χ1) is 5.87. The summed E-state index contributed by atoms with van der Waals surface area (Å²) in [6, 6.07) is 0.765. The van der Waals surface area contributed by atoms with Gasteiger partial charge in [-0.1, -0.05) is 6.92 Å². The molecule has 2 nitrogen and oxygen atoms in total. The quantitative estimate of drug-likeness (QED) is 0.643. The fourth-order valence-electron chi connectivity index (χ4n) is 2.84. The van der Waals surface area contributed by atoms with E-state index < -0.39 is 0 Å². The van der Waals surface area contributed by atoms with Crippen molar-refractivity contribution in [2.75, 3.05) is 19.8 Å². The molecule has 12 heavy (non-hydrogen) atoms. The monoisotopic (exact) mass is 169 g/mol. The lowest BCUT2D eigenvalue weighted by Crippen LogP contribution is -2.40. The zero-order valence-electron chi connectivity index (χ0n) is 7.94. The van der Waals surface area contributed by atoms with E-state index in [0.29, 0.717) is 5.41 Å². The van der Waals surface area contributed by atoms with Gasteiger partial charge in [-0.2, -0.15) is 0 Å². The molecule has 1 N–H and O–H groups in total. The zero-order valence-corrected chi connectivity index (χ0v) is 7.94. The molecule has 2 saturated heterocycles. The maximum atomic E-state index is 5.42. The van der Waals surface area contributed by atoms with Gasteiger partial charge in [-0.05, 0) is 37.6 Å². The number of rotatable bonds is 1. The number of ether oxygens (including phenoxy) is 1. The van der Waals surface area contributed by atoms with Gasteiger partial charge >= 0.3 is 0 Å².